The van der Waals surface area contributed by atoms with Crippen LogP contribution in [-0.4, -0.2) is 11.6 Å². The Hall–Kier alpha value is -3.26. The minimum atomic E-state index is 0.839. The van der Waals surface area contributed by atoms with E-state index in [1.807, 2.05) is 19.2 Å². The van der Waals surface area contributed by atoms with Crippen molar-refractivity contribution in [3.63, 3.8) is 0 Å². The summed E-state index contributed by atoms with van der Waals surface area (Å²) in [6, 6.07) is 15.3. The molecule has 0 unspecified atom stereocenters. The molecule has 0 amide bonds. The molecule has 154 valence electrons. The molecular formula is C28H32N2. The molecule has 0 aliphatic carbocycles. The van der Waals surface area contributed by atoms with Crippen LogP contribution in [0.2, 0.25) is 0 Å². The zero-order valence-electron chi connectivity index (χ0n) is 18.5. The molecule has 1 aromatic heterocycles. The van der Waals surface area contributed by atoms with Crippen molar-refractivity contribution in [1.82, 2.24) is 9.88 Å². The number of nitrogens with zero attached hydrogens (tertiary/aromatic N) is 1. The predicted octanol–water partition coefficient (Wildman–Crippen LogP) is 6.92. The van der Waals surface area contributed by atoms with Gasteiger partial charge in [0.05, 0.1) is 0 Å². The van der Waals surface area contributed by atoms with Crippen molar-refractivity contribution in [3.8, 4) is 0 Å². The Kier molecular flexibility index (Phi) is 6.79. The van der Waals surface area contributed by atoms with Crippen LogP contribution in [-0.2, 0) is 13.0 Å². The predicted molar refractivity (Wildman–Crippen MR) is 133 cm³/mol. The van der Waals surface area contributed by atoms with Gasteiger partial charge in [-0.15, -0.1) is 6.58 Å². The third-order valence-electron chi connectivity index (χ3n) is 5.46. The fourth-order valence-electron chi connectivity index (χ4n) is 4.04. The van der Waals surface area contributed by atoms with E-state index in [1.165, 1.54) is 27.6 Å². The van der Waals surface area contributed by atoms with Crippen molar-refractivity contribution in [1.29, 1.82) is 0 Å². The van der Waals surface area contributed by atoms with E-state index in [0.29, 0.717) is 0 Å². The standard InChI is InChI=1S/C28H32N2/c1-7-11-22-12-10-13-23(18-22)28(21(5)29-6)24(9-3)26-19-30(16-8-2)27-15-14-20(4)17-25(26)27/h7,9-10,12-15,17-19,29H,1,3,5,8,11,16H2,2,4,6H3/b28-24-. The summed E-state index contributed by atoms with van der Waals surface area (Å²) in [5.74, 6) is 0. The van der Waals surface area contributed by atoms with E-state index < -0.39 is 0 Å². The third kappa shape index (κ3) is 4.18. The minimum Gasteiger partial charge on any atom is -0.388 e. The second-order valence-corrected chi connectivity index (χ2v) is 7.67. The van der Waals surface area contributed by atoms with E-state index in [-0.39, 0.29) is 0 Å². The zero-order valence-corrected chi connectivity index (χ0v) is 18.5. The number of rotatable bonds is 9. The smallest absolute Gasteiger partial charge is 0.0486 e. The highest BCUT2D eigenvalue weighted by Crippen LogP contribution is 2.36. The van der Waals surface area contributed by atoms with Crippen LogP contribution in [0.3, 0.4) is 0 Å². The summed E-state index contributed by atoms with van der Waals surface area (Å²) in [6.45, 7) is 17.7. The number of benzene rings is 2. The van der Waals surface area contributed by atoms with Crippen molar-refractivity contribution in [3.05, 3.63) is 109 Å². The summed E-state index contributed by atoms with van der Waals surface area (Å²) in [7, 11) is 1.92. The molecule has 0 bridgehead atoms. The summed E-state index contributed by atoms with van der Waals surface area (Å²) in [6.07, 6.45) is 8.09. The van der Waals surface area contributed by atoms with Gasteiger partial charge in [-0.3, -0.25) is 0 Å². The van der Waals surface area contributed by atoms with Gasteiger partial charge in [-0.05, 0) is 48.6 Å². The molecule has 0 spiro atoms. The van der Waals surface area contributed by atoms with Crippen LogP contribution >= 0.6 is 0 Å². The fourth-order valence-corrected chi connectivity index (χ4v) is 4.04. The Morgan fingerprint density at radius 3 is 2.60 bits per heavy atom. The summed E-state index contributed by atoms with van der Waals surface area (Å²) in [5.41, 5.74) is 9.12. The first kappa shape index (κ1) is 21.4. The Bertz CT molecular complexity index is 1120. The van der Waals surface area contributed by atoms with Crippen LogP contribution in [0.25, 0.3) is 22.0 Å². The SMILES string of the molecule is C=CCc1cccc(/C(C(=C)NC)=C(/C=C)c2cn(CCC)c3ccc(C)cc23)c1. The minimum absolute atomic E-state index is 0.839. The lowest BCUT2D eigenvalue weighted by molar-refractivity contribution is 0.703. The van der Waals surface area contributed by atoms with Crippen LogP contribution in [0, 0.1) is 6.92 Å². The number of hydrogen-bond acceptors (Lipinski definition) is 1. The van der Waals surface area contributed by atoms with Crippen LogP contribution in [0.1, 0.15) is 35.6 Å². The second-order valence-electron chi connectivity index (χ2n) is 7.67. The van der Waals surface area contributed by atoms with Crippen molar-refractivity contribution >= 4 is 22.0 Å². The zero-order chi connectivity index (χ0) is 21.7. The van der Waals surface area contributed by atoms with E-state index >= 15 is 0 Å². The number of aromatic nitrogens is 1. The van der Waals surface area contributed by atoms with Crippen LogP contribution in [0.5, 0.6) is 0 Å². The maximum absolute atomic E-state index is 4.32. The summed E-state index contributed by atoms with van der Waals surface area (Å²) >= 11 is 0. The molecule has 0 fully saturated rings. The largest absolute Gasteiger partial charge is 0.388 e. The van der Waals surface area contributed by atoms with Crippen molar-refractivity contribution in [2.24, 2.45) is 0 Å². The molecule has 30 heavy (non-hydrogen) atoms. The number of likely N-dealkylation sites (N-methyl/N-ethyl adjacent to an activating group) is 1. The van der Waals surface area contributed by atoms with Crippen LogP contribution in [0.4, 0.5) is 0 Å². The summed E-state index contributed by atoms with van der Waals surface area (Å²) in [4.78, 5) is 0. The molecule has 0 aliphatic heterocycles. The fraction of sp³-hybridized carbons (Fsp3) is 0.214. The molecule has 3 rings (SSSR count). The van der Waals surface area contributed by atoms with Gasteiger partial charge in [0.25, 0.3) is 0 Å². The molecule has 2 aromatic carbocycles. The quantitative estimate of drug-likeness (QED) is 0.307. The van der Waals surface area contributed by atoms with Gasteiger partial charge in [-0.1, -0.05) is 68.1 Å². The van der Waals surface area contributed by atoms with Crippen LogP contribution < -0.4 is 5.32 Å². The molecule has 0 atom stereocenters. The highest BCUT2D eigenvalue weighted by atomic mass is 15.0. The number of fused-ring (bicyclic) bond motifs is 1. The molecule has 0 aliphatic rings. The van der Waals surface area contributed by atoms with E-state index in [2.05, 4.69) is 92.1 Å². The van der Waals surface area contributed by atoms with Crippen molar-refractivity contribution in [2.75, 3.05) is 7.05 Å². The highest BCUT2D eigenvalue weighted by Gasteiger charge is 2.17. The monoisotopic (exact) mass is 396 g/mol. The lowest BCUT2D eigenvalue weighted by Crippen LogP contribution is -2.08. The Balaban J connectivity index is 2.34. The Morgan fingerprint density at radius 2 is 1.93 bits per heavy atom. The molecular weight excluding hydrogens is 364 g/mol. The van der Waals surface area contributed by atoms with Gasteiger partial charge in [0.2, 0.25) is 0 Å². The topological polar surface area (TPSA) is 17.0 Å². The second kappa shape index (κ2) is 9.49. The van der Waals surface area contributed by atoms with E-state index in [4.69, 9.17) is 0 Å². The van der Waals surface area contributed by atoms with Gasteiger partial charge >= 0.3 is 0 Å². The molecule has 2 nitrogen and oxygen atoms in total. The first-order valence-electron chi connectivity index (χ1n) is 10.6. The normalized spacial score (nSPS) is 11.8. The first-order chi connectivity index (χ1) is 14.5. The summed E-state index contributed by atoms with van der Waals surface area (Å²) in [5, 5.41) is 4.52. The number of allylic oxidation sites excluding steroid dienone is 4. The van der Waals surface area contributed by atoms with Gasteiger partial charge in [-0.25, -0.2) is 0 Å². The third-order valence-corrected chi connectivity index (χ3v) is 5.46. The van der Waals surface area contributed by atoms with E-state index in [0.717, 1.165) is 41.8 Å². The highest BCUT2D eigenvalue weighted by molar-refractivity contribution is 6.07. The van der Waals surface area contributed by atoms with E-state index in [9.17, 15) is 0 Å². The molecule has 0 saturated heterocycles. The Labute approximate surface area is 180 Å². The summed E-state index contributed by atoms with van der Waals surface area (Å²) < 4.78 is 2.35. The molecule has 3 aromatic rings. The average Bonchev–Trinajstić information content (AvgIpc) is 3.09. The molecule has 1 heterocycles. The first-order valence-corrected chi connectivity index (χ1v) is 10.6. The van der Waals surface area contributed by atoms with Gasteiger partial charge in [0.1, 0.15) is 0 Å². The maximum atomic E-state index is 4.32. The number of nitrogens with one attached hydrogen (secondary N) is 1. The van der Waals surface area contributed by atoms with Gasteiger partial charge in [0, 0.05) is 47.5 Å². The van der Waals surface area contributed by atoms with Gasteiger partial charge in [0.15, 0.2) is 0 Å². The molecule has 0 radical (unpaired) electrons. The lowest BCUT2D eigenvalue weighted by Gasteiger charge is -2.17. The molecule has 2 heteroatoms. The van der Waals surface area contributed by atoms with E-state index in [1.54, 1.807) is 0 Å². The molecule has 0 saturated carbocycles. The van der Waals surface area contributed by atoms with Crippen LogP contribution in [0.15, 0.2) is 86.2 Å². The molecule has 1 N–H and O–H groups in total. The van der Waals surface area contributed by atoms with Crippen molar-refractivity contribution < 1.29 is 0 Å². The number of hydrogen-bond donors (Lipinski definition) is 1. The average molecular weight is 397 g/mol. The Morgan fingerprint density at radius 1 is 1.13 bits per heavy atom. The van der Waals surface area contributed by atoms with Crippen molar-refractivity contribution in [2.45, 2.75) is 33.2 Å². The van der Waals surface area contributed by atoms with Gasteiger partial charge in [-0.2, -0.15) is 0 Å². The maximum Gasteiger partial charge on any atom is 0.0486 e. The lowest BCUT2D eigenvalue weighted by atomic mass is 9.91. The van der Waals surface area contributed by atoms with Gasteiger partial charge < -0.3 is 9.88 Å². The number of aryl methyl sites for hydroxylation is 2.